The molecule has 1 aliphatic heterocycles. The SMILES string of the molecule is CCCCCC#C[CH]CS(=O)(=O)N1CCN(c2ccc(OCc3ccccc3)cc2)CC1. The Balaban J connectivity index is 1.42. The van der Waals surface area contributed by atoms with Crippen LogP contribution in [0.2, 0.25) is 0 Å². The third-order valence-corrected chi connectivity index (χ3v) is 7.23. The lowest BCUT2D eigenvalue weighted by Crippen LogP contribution is -2.49. The van der Waals surface area contributed by atoms with Crippen LogP contribution in [-0.2, 0) is 16.6 Å². The predicted octanol–water partition coefficient (Wildman–Crippen LogP) is 4.51. The molecular weight excluding hydrogens is 420 g/mol. The lowest BCUT2D eigenvalue weighted by molar-refractivity contribution is 0.306. The van der Waals surface area contributed by atoms with Crippen molar-refractivity contribution in [3.05, 3.63) is 66.6 Å². The number of benzene rings is 2. The molecule has 0 spiro atoms. The fourth-order valence-corrected chi connectivity index (χ4v) is 4.80. The minimum Gasteiger partial charge on any atom is -0.489 e. The fraction of sp³-hybridized carbons (Fsp3) is 0.423. The van der Waals surface area contributed by atoms with Gasteiger partial charge in [0, 0.05) is 38.3 Å². The number of nitrogens with zero attached hydrogens (tertiary/aromatic N) is 2. The van der Waals surface area contributed by atoms with E-state index in [1.54, 1.807) is 10.7 Å². The smallest absolute Gasteiger partial charge is 0.215 e. The molecule has 0 aliphatic carbocycles. The highest BCUT2D eigenvalue weighted by Crippen LogP contribution is 2.22. The van der Waals surface area contributed by atoms with Gasteiger partial charge in [0.15, 0.2) is 0 Å². The summed E-state index contributed by atoms with van der Waals surface area (Å²) in [5.74, 6) is 6.75. The van der Waals surface area contributed by atoms with E-state index in [0.717, 1.165) is 36.3 Å². The number of hydrogen-bond donors (Lipinski definition) is 0. The maximum atomic E-state index is 12.6. The van der Waals surface area contributed by atoms with E-state index in [4.69, 9.17) is 4.74 Å². The number of unbranched alkanes of at least 4 members (excludes halogenated alkanes) is 3. The topological polar surface area (TPSA) is 49.9 Å². The number of piperazine rings is 1. The monoisotopic (exact) mass is 453 g/mol. The first-order valence-corrected chi connectivity index (χ1v) is 13.0. The molecule has 0 N–H and O–H groups in total. The second-order valence-electron chi connectivity index (χ2n) is 7.92. The van der Waals surface area contributed by atoms with E-state index >= 15 is 0 Å². The van der Waals surface area contributed by atoms with Crippen LogP contribution in [0.25, 0.3) is 0 Å². The van der Waals surface area contributed by atoms with Gasteiger partial charge in [-0.2, -0.15) is 4.31 Å². The van der Waals surface area contributed by atoms with Crippen molar-refractivity contribution < 1.29 is 13.2 Å². The molecule has 1 radical (unpaired) electrons. The van der Waals surface area contributed by atoms with Crippen molar-refractivity contribution in [3.8, 4) is 17.6 Å². The molecule has 32 heavy (non-hydrogen) atoms. The summed E-state index contributed by atoms with van der Waals surface area (Å²) in [4.78, 5) is 2.21. The zero-order chi connectivity index (χ0) is 22.7. The van der Waals surface area contributed by atoms with Crippen LogP contribution in [0.15, 0.2) is 54.6 Å². The molecule has 0 atom stereocenters. The highest BCUT2D eigenvalue weighted by atomic mass is 32.2. The molecule has 0 saturated carbocycles. The van der Waals surface area contributed by atoms with E-state index < -0.39 is 10.0 Å². The van der Waals surface area contributed by atoms with E-state index in [1.807, 2.05) is 54.6 Å². The van der Waals surface area contributed by atoms with E-state index in [1.165, 1.54) is 6.42 Å². The Morgan fingerprint density at radius 1 is 0.969 bits per heavy atom. The fourth-order valence-electron chi connectivity index (χ4n) is 3.58. The molecule has 2 aromatic rings. The molecule has 171 valence electrons. The van der Waals surface area contributed by atoms with Crippen LogP contribution in [0.1, 0.15) is 38.2 Å². The molecule has 0 amide bonds. The Morgan fingerprint density at radius 3 is 2.38 bits per heavy atom. The van der Waals surface area contributed by atoms with Gasteiger partial charge < -0.3 is 9.64 Å². The molecule has 2 aromatic carbocycles. The van der Waals surface area contributed by atoms with Gasteiger partial charge in [-0.1, -0.05) is 56.0 Å². The zero-order valence-corrected chi connectivity index (χ0v) is 19.7. The second kappa shape index (κ2) is 12.5. The van der Waals surface area contributed by atoms with Crippen molar-refractivity contribution in [3.63, 3.8) is 0 Å². The summed E-state index contributed by atoms with van der Waals surface area (Å²) < 4.78 is 32.6. The molecule has 6 heteroatoms. The van der Waals surface area contributed by atoms with Gasteiger partial charge in [-0.15, -0.1) is 5.92 Å². The molecule has 3 rings (SSSR count). The summed E-state index contributed by atoms with van der Waals surface area (Å²) >= 11 is 0. The lowest BCUT2D eigenvalue weighted by Gasteiger charge is -2.35. The zero-order valence-electron chi connectivity index (χ0n) is 18.9. The van der Waals surface area contributed by atoms with Crippen LogP contribution in [0, 0.1) is 18.3 Å². The van der Waals surface area contributed by atoms with Crippen molar-refractivity contribution in [1.29, 1.82) is 0 Å². The van der Waals surface area contributed by atoms with Crippen molar-refractivity contribution in [1.82, 2.24) is 4.31 Å². The summed E-state index contributed by atoms with van der Waals surface area (Å²) in [6.45, 7) is 5.02. The Bertz CT molecular complexity index is 971. The minimum absolute atomic E-state index is 0.0127. The second-order valence-corrected chi connectivity index (χ2v) is 9.93. The standard InChI is InChI=1S/C26H33N2O3S/c1-2-3-4-5-6-7-11-22-32(29,30)28-20-18-27(19-21-28)25-14-16-26(17-15-25)31-23-24-12-9-8-10-13-24/h8-17H,2-5,18-23H2,1H3. The Morgan fingerprint density at radius 2 is 1.69 bits per heavy atom. The van der Waals surface area contributed by atoms with Crippen molar-refractivity contribution in [2.45, 2.75) is 39.2 Å². The summed E-state index contributed by atoms with van der Waals surface area (Å²) in [5.41, 5.74) is 2.22. The first-order chi connectivity index (χ1) is 15.6. The Labute approximate surface area is 193 Å². The average Bonchev–Trinajstić information content (AvgIpc) is 2.83. The summed E-state index contributed by atoms with van der Waals surface area (Å²) in [5, 5.41) is 0. The van der Waals surface area contributed by atoms with E-state index in [-0.39, 0.29) is 5.75 Å². The minimum atomic E-state index is -3.30. The maximum Gasteiger partial charge on any atom is 0.215 e. The van der Waals surface area contributed by atoms with Gasteiger partial charge in [0.2, 0.25) is 10.0 Å². The number of sulfonamides is 1. The molecule has 0 aromatic heterocycles. The summed E-state index contributed by atoms with van der Waals surface area (Å²) in [7, 11) is -3.30. The van der Waals surface area contributed by atoms with Crippen LogP contribution in [-0.4, -0.2) is 44.7 Å². The third kappa shape index (κ3) is 7.58. The van der Waals surface area contributed by atoms with Gasteiger partial charge in [-0.3, -0.25) is 0 Å². The molecule has 0 bridgehead atoms. The van der Waals surface area contributed by atoms with Crippen molar-refractivity contribution >= 4 is 15.7 Å². The van der Waals surface area contributed by atoms with Gasteiger partial charge in [0.1, 0.15) is 12.4 Å². The van der Waals surface area contributed by atoms with Gasteiger partial charge in [0.25, 0.3) is 0 Å². The summed E-state index contributed by atoms with van der Waals surface area (Å²) in [6, 6.07) is 18.1. The molecule has 1 aliphatic rings. The maximum absolute atomic E-state index is 12.6. The van der Waals surface area contributed by atoms with Gasteiger partial charge in [0.05, 0.1) is 12.2 Å². The van der Waals surface area contributed by atoms with Crippen LogP contribution >= 0.6 is 0 Å². The van der Waals surface area contributed by atoms with Gasteiger partial charge in [-0.05, 0) is 36.2 Å². The van der Waals surface area contributed by atoms with E-state index in [9.17, 15) is 8.42 Å². The van der Waals surface area contributed by atoms with E-state index in [0.29, 0.717) is 32.8 Å². The highest BCUT2D eigenvalue weighted by Gasteiger charge is 2.26. The molecule has 0 unspecified atom stereocenters. The number of rotatable bonds is 10. The summed E-state index contributed by atoms with van der Waals surface area (Å²) in [6.07, 6.45) is 5.83. The van der Waals surface area contributed by atoms with Crippen LogP contribution in [0.5, 0.6) is 5.75 Å². The molecule has 1 heterocycles. The van der Waals surface area contributed by atoms with E-state index in [2.05, 4.69) is 23.7 Å². The normalized spacial score (nSPS) is 14.6. The number of hydrogen-bond acceptors (Lipinski definition) is 4. The first-order valence-electron chi connectivity index (χ1n) is 11.4. The van der Waals surface area contributed by atoms with Crippen LogP contribution in [0.3, 0.4) is 0 Å². The largest absolute Gasteiger partial charge is 0.489 e. The predicted molar refractivity (Wildman–Crippen MR) is 131 cm³/mol. The number of anilines is 1. The Kier molecular flexibility index (Phi) is 9.45. The molecule has 1 saturated heterocycles. The highest BCUT2D eigenvalue weighted by molar-refractivity contribution is 7.89. The molecule has 5 nitrogen and oxygen atoms in total. The van der Waals surface area contributed by atoms with Gasteiger partial charge in [-0.25, -0.2) is 8.42 Å². The Hall–Kier alpha value is -2.49. The molecular formula is C26H33N2O3S. The van der Waals surface area contributed by atoms with Crippen LogP contribution in [0.4, 0.5) is 5.69 Å². The van der Waals surface area contributed by atoms with Crippen molar-refractivity contribution in [2.75, 3.05) is 36.8 Å². The van der Waals surface area contributed by atoms with Crippen LogP contribution < -0.4 is 9.64 Å². The number of ether oxygens (including phenoxy) is 1. The first kappa shape index (κ1) is 24.2. The third-order valence-electron chi connectivity index (χ3n) is 5.49. The molecule has 1 fully saturated rings. The average molecular weight is 454 g/mol. The van der Waals surface area contributed by atoms with Gasteiger partial charge >= 0.3 is 0 Å². The van der Waals surface area contributed by atoms with Crippen molar-refractivity contribution in [2.24, 2.45) is 0 Å². The lowest BCUT2D eigenvalue weighted by atomic mass is 10.2. The quantitative estimate of drug-likeness (QED) is 0.392.